The fraction of sp³-hybridized carbons (Fsp3) is 0.533. The Kier molecular flexibility index (Phi) is 4.94. The molecule has 1 aliphatic heterocycles. The molecule has 110 valence electrons. The van der Waals surface area contributed by atoms with Crippen LogP contribution in [0.1, 0.15) is 41.3 Å². The van der Waals surface area contributed by atoms with Crippen molar-refractivity contribution >= 4 is 15.6 Å². The number of hydrogen-bond donors (Lipinski definition) is 1. The van der Waals surface area contributed by atoms with E-state index in [2.05, 4.69) is 5.32 Å². The first-order valence-electron chi connectivity index (χ1n) is 7.08. The topological polar surface area (TPSA) is 63.2 Å². The number of nitrogens with one attached hydrogen (secondary N) is 1. The Morgan fingerprint density at radius 1 is 1.35 bits per heavy atom. The third-order valence-electron chi connectivity index (χ3n) is 3.74. The third-order valence-corrected chi connectivity index (χ3v) is 5.53. The molecule has 0 aromatic heterocycles. The van der Waals surface area contributed by atoms with Crippen LogP contribution in [0.3, 0.4) is 0 Å². The van der Waals surface area contributed by atoms with Crippen LogP contribution in [0.15, 0.2) is 18.2 Å². The summed E-state index contributed by atoms with van der Waals surface area (Å²) in [4.78, 5) is 12.3. The lowest BCUT2D eigenvalue weighted by molar-refractivity contribution is 0.0981. The van der Waals surface area contributed by atoms with Crippen LogP contribution in [0.25, 0.3) is 0 Å². The number of benzene rings is 1. The maximum absolute atomic E-state index is 12.3. The second-order valence-electron chi connectivity index (χ2n) is 5.13. The van der Waals surface area contributed by atoms with Crippen LogP contribution in [0, 0.1) is 0 Å². The van der Waals surface area contributed by atoms with Crippen molar-refractivity contribution < 1.29 is 13.2 Å². The maximum Gasteiger partial charge on any atom is 0.163 e. The predicted octanol–water partition coefficient (Wildman–Crippen LogP) is 1.73. The molecule has 0 saturated heterocycles. The zero-order valence-corrected chi connectivity index (χ0v) is 12.6. The van der Waals surface area contributed by atoms with Gasteiger partial charge in [0.1, 0.15) is 9.84 Å². The molecular weight excluding hydrogens is 274 g/mol. The van der Waals surface area contributed by atoms with Crippen LogP contribution < -0.4 is 5.32 Å². The van der Waals surface area contributed by atoms with Crippen LogP contribution in [0.2, 0.25) is 0 Å². The van der Waals surface area contributed by atoms with Crippen molar-refractivity contribution in [3.8, 4) is 0 Å². The number of Topliss-reactive ketones (excluding diaryl/α,β-unsaturated/α-hetero) is 1. The molecule has 0 bridgehead atoms. The molecular formula is C15H21NO3S. The highest BCUT2D eigenvalue weighted by Gasteiger charge is 2.17. The van der Waals surface area contributed by atoms with Crippen molar-refractivity contribution in [2.24, 2.45) is 0 Å². The lowest BCUT2D eigenvalue weighted by atomic mass is 9.92. The van der Waals surface area contributed by atoms with Crippen molar-refractivity contribution in [3.05, 3.63) is 34.9 Å². The molecule has 1 heterocycles. The second kappa shape index (κ2) is 6.50. The van der Waals surface area contributed by atoms with Crippen molar-refractivity contribution in [1.29, 1.82) is 0 Å². The fourth-order valence-corrected chi connectivity index (χ4v) is 3.40. The van der Waals surface area contributed by atoms with Gasteiger partial charge >= 0.3 is 0 Å². The molecule has 0 atom stereocenters. The Hall–Kier alpha value is -1.20. The summed E-state index contributed by atoms with van der Waals surface area (Å²) in [6.07, 6.45) is 1.59. The Labute approximate surface area is 120 Å². The number of sulfone groups is 1. The molecule has 0 saturated carbocycles. The van der Waals surface area contributed by atoms with E-state index in [1.54, 1.807) is 6.92 Å². The van der Waals surface area contributed by atoms with Crippen molar-refractivity contribution in [2.45, 2.75) is 32.7 Å². The van der Waals surface area contributed by atoms with Crippen LogP contribution in [0.4, 0.5) is 0 Å². The summed E-state index contributed by atoms with van der Waals surface area (Å²) in [7, 11) is -2.98. The zero-order valence-electron chi connectivity index (χ0n) is 11.8. The molecule has 5 heteroatoms. The van der Waals surface area contributed by atoms with E-state index in [-0.39, 0.29) is 17.3 Å². The van der Waals surface area contributed by atoms with Gasteiger partial charge in [0.2, 0.25) is 0 Å². The number of ketones is 1. The van der Waals surface area contributed by atoms with Gasteiger partial charge in [0, 0.05) is 24.3 Å². The lowest BCUT2D eigenvalue weighted by Gasteiger charge is -2.19. The molecule has 0 spiro atoms. The number of hydrogen-bond acceptors (Lipinski definition) is 4. The monoisotopic (exact) mass is 295 g/mol. The molecule has 1 N–H and O–H groups in total. The van der Waals surface area contributed by atoms with Gasteiger partial charge in [-0.2, -0.15) is 0 Å². The molecule has 2 rings (SSSR count). The highest BCUT2D eigenvalue weighted by atomic mass is 32.2. The van der Waals surface area contributed by atoms with Crippen LogP contribution in [-0.4, -0.2) is 32.3 Å². The summed E-state index contributed by atoms with van der Waals surface area (Å²) in [6, 6.07) is 5.81. The van der Waals surface area contributed by atoms with Gasteiger partial charge in [0.25, 0.3) is 0 Å². The minimum Gasteiger partial charge on any atom is -0.312 e. The van der Waals surface area contributed by atoms with Gasteiger partial charge in [-0.15, -0.1) is 0 Å². The van der Waals surface area contributed by atoms with Gasteiger partial charge < -0.3 is 5.32 Å². The van der Waals surface area contributed by atoms with Gasteiger partial charge in [0.05, 0.1) is 5.75 Å². The van der Waals surface area contributed by atoms with E-state index < -0.39 is 9.84 Å². The lowest BCUT2D eigenvalue weighted by Crippen LogP contribution is -2.25. The highest BCUT2D eigenvalue weighted by Crippen LogP contribution is 2.20. The molecule has 0 amide bonds. The number of carbonyl (C=O) groups excluding carboxylic acids is 1. The number of fused-ring (bicyclic) bond motifs is 1. The third kappa shape index (κ3) is 3.67. The molecule has 1 aromatic rings. The molecule has 0 aliphatic carbocycles. The van der Waals surface area contributed by atoms with Crippen LogP contribution in [0.5, 0.6) is 0 Å². The zero-order chi connectivity index (χ0) is 14.6. The average Bonchev–Trinajstić information content (AvgIpc) is 2.46. The average molecular weight is 295 g/mol. The van der Waals surface area contributed by atoms with Crippen molar-refractivity contribution in [1.82, 2.24) is 5.32 Å². The van der Waals surface area contributed by atoms with Gasteiger partial charge in [0.15, 0.2) is 5.78 Å². The summed E-state index contributed by atoms with van der Waals surface area (Å²) >= 11 is 0. The number of carbonyl (C=O) groups is 1. The van der Waals surface area contributed by atoms with E-state index in [4.69, 9.17) is 0 Å². The molecule has 4 nitrogen and oxygen atoms in total. The second-order valence-corrected chi connectivity index (χ2v) is 7.61. The molecule has 0 unspecified atom stereocenters. The quantitative estimate of drug-likeness (QED) is 0.812. The largest absolute Gasteiger partial charge is 0.312 e. The first-order chi connectivity index (χ1) is 9.53. The Morgan fingerprint density at radius 3 is 2.90 bits per heavy atom. The summed E-state index contributed by atoms with van der Waals surface area (Å²) in [5.74, 6) is 0.314. The van der Waals surface area contributed by atoms with E-state index in [1.165, 1.54) is 5.56 Å². The Bertz CT molecular complexity index is 593. The maximum atomic E-state index is 12.3. The van der Waals surface area contributed by atoms with Gasteiger partial charge in [-0.25, -0.2) is 8.42 Å². The SMILES string of the molecule is CCS(=O)(=O)CCCC(=O)c1cccc2c1CCNC2. The summed E-state index contributed by atoms with van der Waals surface area (Å²) < 4.78 is 22.9. The smallest absolute Gasteiger partial charge is 0.163 e. The minimum absolute atomic E-state index is 0.0649. The van der Waals surface area contributed by atoms with E-state index in [1.807, 2.05) is 18.2 Å². The summed E-state index contributed by atoms with van der Waals surface area (Å²) in [6.45, 7) is 3.33. The van der Waals surface area contributed by atoms with Crippen LogP contribution >= 0.6 is 0 Å². The van der Waals surface area contributed by atoms with Crippen molar-refractivity contribution in [3.63, 3.8) is 0 Å². The Balaban J connectivity index is 2.03. The summed E-state index contributed by atoms with van der Waals surface area (Å²) in [5.41, 5.74) is 3.09. The molecule has 20 heavy (non-hydrogen) atoms. The van der Waals surface area contributed by atoms with E-state index in [0.29, 0.717) is 12.8 Å². The minimum atomic E-state index is -2.98. The van der Waals surface area contributed by atoms with Gasteiger partial charge in [-0.05, 0) is 30.5 Å². The number of rotatable bonds is 6. The standard InChI is InChI=1S/C15H21NO3S/c1-2-20(18,19)10-4-7-15(17)14-6-3-5-12-11-16-9-8-13(12)14/h3,5-6,16H,2,4,7-11H2,1H3. The highest BCUT2D eigenvalue weighted by molar-refractivity contribution is 7.91. The molecule has 1 aromatic carbocycles. The molecule has 0 radical (unpaired) electrons. The first-order valence-corrected chi connectivity index (χ1v) is 8.91. The predicted molar refractivity (Wildman–Crippen MR) is 79.7 cm³/mol. The van der Waals surface area contributed by atoms with Gasteiger partial charge in [-0.3, -0.25) is 4.79 Å². The molecule has 0 fully saturated rings. The van der Waals surface area contributed by atoms with E-state index >= 15 is 0 Å². The Morgan fingerprint density at radius 2 is 2.15 bits per heavy atom. The first kappa shape index (κ1) is 15.2. The van der Waals surface area contributed by atoms with E-state index in [0.717, 1.165) is 30.6 Å². The van der Waals surface area contributed by atoms with Crippen LogP contribution in [-0.2, 0) is 22.8 Å². The molecule has 1 aliphatic rings. The fourth-order valence-electron chi connectivity index (χ4n) is 2.52. The van der Waals surface area contributed by atoms with Crippen molar-refractivity contribution in [2.75, 3.05) is 18.1 Å². The summed E-state index contributed by atoms with van der Waals surface area (Å²) in [5, 5.41) is 3.29. The normalized spacial score (nSPS) is 14.8. The van der Waals surface area contributed by atoms with E-state index in [9.17, 15) is 13.2 Å². The van der Waals surface area contributed by atoms with Gasteiger partial charge in [-0.1, -0.05) is 25.1 Å².